The number of rotatable bonds is 4. The number of carbonyl (C=O) groups is 2. The van der Waals surface area contributed by atoms with Gasteiger partial charge in [-0.2, -0.15) is 10.2 Å². The molecule has 0 radical (unpaired) electrons. The van der Waals surface area contributed by atoms with E-state index in [0.717, 1.165) is 5.56 Å². The molecule has 1 aliphatic rings. The molecule has 1 atom stereocenters. The molecule has 0 aliphatic carbocycles. The predicted octanol–water partition coefficient (Wildman–Crippen LogP) is 4.61. The van der Waals surface area contributed by atoms with E-state index in [-0.39, 0.29) is 18.3 Å². The van der Waals surface area contributed by atoms with Crippen molar-refractivity contribution in [2.75, 3.05) is 24.5 Å². The fraction of sp³-hybridized carbons (Fsp3) is 0.400. The maximum atomic E-state index is 12.9. The maximum absolute atomic E-state index is 12.9. The molecule has 0 saturated carbocycles. The molecule has 11 heteroatoms. The van der Waals surface area contributed by atoms with Gasteiger partial charge in [-0.3, -0.25) is 0 Å². The van der Waals surface area contributed by atoms with Gasteiger partial charge >= 0.3 is 12.2 Å². The van der Waals surface area contributed by atoms with Gasteiger partial charge in [0.2, 0.25) is 5.28 Å². The van der Waals surface area contributed by atoms with E-state index in [1.807, 2.05) is 35.2 Å². The lowest BCUT2D eigenvalue weighted by molar-refractivity contribution is 0.0544. The van der Waals surface area contributed by atoms with Crippen molar-refractivity contribution in [3.63, 3.8) is 0 Å². The summed E-state index contributed by atoms with van der Waals surface area (Å²) in [7, 11) is 0. The smallest absolute Gasteiger partial charge is 0.419 e. The molecule has 0 spiro atoms. The van der Waals surface area contributed by atoms with Gasteiger partial charge in [-0.15, -0.1) is 0 Å². The van der Waals surface area contributed by atoms with Crippen LogP contribution in [-0.2, 0) is 16.1 Å². The largest absolute Gasteiger partial charge is 0.445 e. The molecule has 1 saturated heterocycles. The van der Waals surface area contributed by atoms with Crippen molar-refractivity contribution < 1.29 is 19.1 Å². The zero-order valence-corrected chi connectivity index (χ0v) is 21.1. The number of amides is 1. The van der Waals surface area contributed by atoms with E-state index in [1.165, 1.54) is 4.57 Å². The SMILES string of the molecule is CC(C)(C)OC(=O)n1ccc2nc(Cl)nc(N3CCN(C(=O)OCc4ccccc4)C(CC#N)C3)c21. The van der Waals surface area contributed by atoms with Crippen molar-refractivity contribution in [2.24, 2.45) is 0 Å². The Morgan fingerprint density at radius 1 is 1.14 bits per heavy atom. The Hall–Kier alpha value is -3.84. The summed E-state index contributed by atoms with van der Waals surface area (Å²) in [6.07, 6.45) is 0.617. The molecule has 1 amide bonds. The average Bonchev–Trinajstić information content (AvgIpc) is 3.26. The number of hydrogen-bond donors (Lipinski definition) is 0. The van der Waals surface area contributed by atoms with Gasteiger partial charge in [0.05, 0.1) is 24.0 Å². The minimum atomic E-state index is -0.690. The number of anilines is 1. The van der Waals surface area contributed by atoms with Crippen LogP contribution in [0.3, 0.4) is 0 Å². The highest BCUT2D eigenvalue weighted by atomic mass is 35.5. The first-order chi connectivity index (χ1) is 17.2. The van der Waals surface area contributed by atoms with Crippen LogP contribution in [0.1, 0.15) is 32.8 Å². The Balaban J connectivity index is 1.58. The molecule has 10 nitrogen and oxygen atoms in total. The highest BCUT2D eigenvalue weighted by Crippen LogP contribution is 2.30. The molecule has 188 valence electrons. The van der Waals surface area contributed by atoms with Crippen molar-refractivity contribution >= 4 is 40.6 Å². The van der Waals surface area contributed by atoms with Crippen molar-refractivity contribution in [1.29, 1.82) is 5.26 Å². The third kappa shape index (κ3) is 5.69. The van der Waals surface area contributed by atoms with E-state index in [0.29, 0.717) is 36.5 Å². The van der Waals surface area contributed by atoms with E-state index in [9.17, 15) is 14.9 Å². The number of hydrogen-bond acceptors (Lipinski definition) is 8. The van der Waals surface area contributed by atoms with Crippen LogP contribution in [0.5, 0.6) is 0 Å². The molecule has 36 heavy (non-hydrogen) atoms. The summed E-state index contributed by atoms with van der Waals surface area (Å²) in [5.74, 6) is 0.432. The van der Waals surface area contributed by atoms with Crippen molar-refractivity contribution in [3.8, 4) is 6.07 Å². The van der Waals surface area contributed by atoms with Gasteiger partial charge in [0.15, 0.2) is 5.82 Å². The molecule has 1 fully saturated rings. The number of fused-ring (bicyclic) bond motifs is 1. The van der Waals surface area contributed by atoms with E-state index in [2.05, 4.69) is 16.0 Å². The molecule has 2 aromatic heterocycles. The number of piperazine rings is 1. The summed E-state index contributed by atoms with van der Waals surface area (Å²) < 4.78 is 12.4. The maximum Gasteiger partial charge on any atom is 0.419 e. The third-order valence-electron chi connectivity index (χ3n) is 5.63. The van der Waals surface area contributed by atoms with Crippen LogP contribution in [0.2, 0.25) is 5.28 Å². The van der Waals surface area contributed by atoms with Gasteiger partial charge in [-0.05, 0) is 44.0 Å². The fourth-order valence-electron chi connectivity index (χ4n) is 4.05. The second-order valence-corrected chi connectivity index (χ2v) is 9.75. The first-order valence-electron chi connectivity index (χ1n) is 11.5. The number of benzene rings is 1. The molecular formula is C25H27ClN6O4. The predicted molar refractivity (Wildman–Crippen MR) is 134 cm³/mol. The molecule has 3 heterocycles. The summed E-state index contributed by atoms with van der Waals surface area (Å²) in [6, 6.07) is 12.8. The lowest BCUT2D eigenvalue weighted by Crippen LogP contribution is -2.55. The van der Waals surface area contributed by atoms with Gasteiger partial charge in [-0.1, -0.05) is 30.3 Å². The van der Waals surface area contributed by atoms with Crippen LogP contribution in [0.15, 0.2) is 42.6 Å². The Bertz CT molecular complexity index is 1300. The standard InChI is InChI=1S/C25H27ClN6O4/c1-25(2,3)36-24(34)32-12-10-19-20(32)21(29-22(26)28-19)30-13-14-31(18(15-30)9-11-27)23(33)35-16-17-7-5-4-6-8-17/h4-8,10,12,18H,9,13-16H2,1-3H3. The monoisotopic (exact) mass is 510 g/mol. The van der Waals surface area contributed by atoms with Gasteiger partial charge in [0, 0.05) is 25.8 Å². The van der Waals surface area contributed by atoms with Crippen molar-refractivity contribution in [1.82, 2.24) is 19.4 Å². The highest BCUT2D eigenvalue weighted by molar-refractivity contribution is 6.28. The average molecular weight is 511 g/mol. The Morgan fingerprint density at radius 3 is 2.58 bits per heavy atom. The number of nitriles is 1. The Kier molecular flexibility index (Phi) is 7.31. The lowest BCUT2D eigenvalue weighted by atomic mass is 10.1. The number of ether oxygens (including phenoxy) is 2. The molecule has 1 aromatic carbocycles. The first kappa shape index (κ1) is 25.3. The summed E-state index contributed by atoms with van der Waals surface area (Å²) in [4.78, 5) is 37.9. The second-order valence-electron chi connectivity index (χ2n) is 9.41. The molecule has 0 N–H and O–H groups in total. The number of halogens is 1. The topological polar surface area (TPSA) is 114 Å². The third-order valence-corrected chi connectivity index (χ3v) is 5.80. The quantitative estimate of drug-likeness (QED) is 0.467. The normalized spacial score (nSPS) is 16.0. The van der Waals surface area contributed by atoms with Gasteiger partial charge < -0.3 is 19.3 Å². The fourth-order valence-corrected chi connectivity index (χ4v) is 4.22. The van der Waals surface area contributed by atoms with Crippen LogP contribution in [0.4, 0.5) is 15.4 Å². The van der Waals surface area contributed by atoms with E-state index >= 15 is 0 Å². The van der Waals surface area contributed by atoms with E-state index < -0.39 is 23.8 Å². The molecule has 4 rings (SSSR count). The number of carbonyl (C=O) groups excluding carboxylic acids is 2. The highest BCUT2D eigenvalue weighted by Gasteiger charge is 2.34. The second kappa shape index (κ2) is 10.4. The summed E-state index contributed by atoms with van der Waals surface area (Å²) in [6.45, 7) is 6.50. The van der Waals surface area contributed by atoms with Gasteiger partial charge in [0.25, 0.3) is 0 Å². The minimum absolute atomic E-state index is 0.0287. The zero-order valence-electron chi connectivity index (χ0n) is 20.3. The molecule has 1 aliphatic heterocycles. The summed E-state index contributed by atoms with van der Waals surface area (Å²) in [5.41, 5.74) is 1.12. The minimum Gasteiger partial charge on any atom is -0.445 e. The number of aromatic nitrogens is 3. The van der Waals surface area contributed by atoms with Gasteiger partial charge in [-0.25, -0.2) is 19.1 Å². The van der Waals surface area contributed by atoms with Crippen LogP contribution in [0.25, 0.3) is 11.0 Å². The molecule has 0 bridgehead atoms. The summed E-state index contributed by atoms with van der Waals surface area (Å²) in [5, 5.41) is 9.46. The van der Waals surface area contributed by atoms with E-state index in [4.69, 9.17) is 21.1 Å². The van der Waals surface area contributed by atoms with Crippen LogP contribution < -0.4 is 4.90 Å². The molecule has 1 unspecified atom stereocenters. The zero-order chi connectivity index (χ0) is 25.9. The van der Waals surface area contributed by atoms with Crippen LogP contribution in [0, 0.1) is 11.3 Å². The van der Waals surface area contributed by atoms with Crippen LogP contribution >= 0.6 is 11.6 Å². The molecule has 3 aromatic rings. The Labute approximate surface area is 214 Å². The van der Waals surface area contributed by atoms with Gasteiger partial charge in [0.1, 0.15) is 17.7 Å². The number of nitrogens with zero attached hydrogens (tertiary/aromatic N) is 6. The molecular weight excluding hydrogens is 484 g/mol. The lowest BCUT2D eigenvalue weighted by Gasteiger charge is -2.40. The van der Waals surface area contributed by atoms with Crippen molar-refractivity contribution in [2.45, 2.75) is 45.4 Å². The Morgan fingerprint density at radius 2 is 1.89 bits per heavy atom. The first-order valence-corrected chi connectivity index (χ1v) is 11.9. The summed E-state index contributed by atoms with van der Waals surface area (Å²) >= 11 is 6.20. The van der Waals surface area contributed by atoms with E-state index in [1.54, 1.807) is 37.9 Å². The van der Waals surface area contributed by atoms with Crippen molar-refractivity contribution in [3.05, 3.63) is 53.4 Å². The van der Waals surface area contributed by atoms with Crippen LogP contribution in [-0.4, -0.2) is 62.9 Å².